The number of carbonyl (C=O) groups excluding carboxylic acids is 2. The highest BCUT2D eigenvalue weighted by atomic mass is 16.5. The Morgan fingerprint density at radius 2 is 1.79 bits per heavy atom. The number of piperazine rings is 1. The number of H-pyrrole nitrogens is 1. The number of nitrogens with zero attached hydrogens (tertiary/aromatic N) is 5. The molecule has 198 valence electrons. The van der Waals surface area contributed by atoms with E-state index in [4.69, 9.17) is 4.74 Å². The number of carbonyl (C=O) groups is 2. The van der Waals surface area contributed by atoms with Gasteiger partial charge in [-0.2, -0.15) is 5.10 Å². The molecule has 0 spiro atoms. The lowest BCUT2D eigenvalue weighted by Crippen LogP contribution is -2.47. The highest BCUT2D eigenvalue weighted by molar-refractivity contribution is 5.94. The number of morpholine rings is 1. The Kier molecular flexibility index (Phi) is 7.75. The largest absolute Gasteiger partial charge is 0.378 e. The molecule has 0 unspecified atom stereocenters. The first kappa shape index (κ1) is 25.6. The maximum absolute atomic E-state index is 12.8. The van der Waals surface area contributed by atoms with Crippen LogP contribution in [-0.4, -0.2) is 101 Å². The van der Waals surface area contributed by atoms with E-state index in [0.717, 1.165) is 37.3 Å². The number of likely N-dealkylation sites (N-methyl/N-ethyl adjacent to an activating group) is 1. The van der Waals surface area contributed by atoms with E-state index in [9.17, 15) is 14.4 Å². The molecule has 4 heterocycles. The van der Waals surface area contributed by atoms with Crippen molar-refractivity contribution in [2.45, 2.75) is 6.42 Å². The number of nitrogens with one attached hydrogen (secondary N) is 2. The standard InChI is InChI=1S/C27H31N7O4/c1-32-7-9-33(10-8-32)25(35)16-19-3-2-4-20(15-19)22-17-23(26(36)31-30-22)29-24-6-5-21(18-28-24)27(37)34-11-13-38-14-12-34/h2-6,15,17-18H,7-14,16H2,1H3,(H,31,36)(H,28,29,30). The van der Waals surface area contributed by atoms with Crippen molar-refractivity contribution in [3.63, 3.8) is 0 Å². The number of hydrogen-bond donors (Lipinski definition) is 2. The summed E-state index contributed by atoms with van der Waals surface area (Å²) < 4.78 is 5.30. The summed E-state index contributed by atoms with van der Waals surface area (Å²) in [6.45, 7) is 5.40. The van der Waals surface area contributed by atoms with E-state index >= 15 is 0 Å². The number of hydrogen-bond acceptors (Lipinski definition) is 8. The molecular weight excluding hydrogens is 486 g/mol. The lowest BCUT2D eigenvalue weighted by Gasteiger charge is -2.32. The maximum atomic E-state index is 12.8. The summed E-state index contributed by atoms with van der Waals surface area (Å²) in [4.78, 5) is 48.1. The van der Waals surface area contributed by atoms with Crippen LogP contribution in [0.3, 0.4) is 0 Å². The smallest absolute Gasteiger partial charge is 0.287 e. The van der Waals surface area contributed by atoms with E-state index in [0.29, 0.717) is 49.8 Å². The number of aromatic amines is 1. The van der Waals surface area contributed by atoms with Crippen molar-refractivity contribution in [1.82, 2.24) is 29.9 Å². The van der Waals surface area contributed by atoms with E-state index in [1.54, 1.807) is 23.1 Å². The maximum Gasteiger partial charge on any atom is 0.287 e. The van der Waals surface area contributed by atoms with Crippen molar-refractivity contribution in [1.29, 1.82) is 0 Å². The number of ether oxygens (including phenoxy) is 1. The van der Waals surface area contributed by atoms with Crippen LogP contribution in [0.1, 0.15) is 15.9 Å². The molecule has 2 saturated heterocycles. The molecule has 2 amide bonds. The van der Waals surface area contributed by atoms with Crippen LogP contribution >= 0.6 is 0 Å². The molecule has 0 bridgehead atoms. The molecular formula is C27H31N7O4. The van der Waals surface area contributed by atoms with Crippen LogP contribution in [0.5, 0.6) is 0 Å². The van der Waals surface area contributed by atoms with Gasteiger partial charge in [0.1, 0.15) is 11.5 Å². The van der Waals surface area contributed by atoms with E-state index in [-0.39, 0.29) is 17.5 Å². The van der Waals surface area contributed by atoms with Crippen LogP contribution in [0.25, 0.3) is 11.3 Å². The average molecular weight is 518 g/mol. The molecule has 0 aliphatic carbocycles. The first-order valence-corrected chi connectivity index (χ1v) is 12.7. The summed E-state index contributed by atoms with van der Waals surface area (Å²) in [6.07, 6.45) is 1.81. The second kappa shape index (κ2) is 11.5. The van der Waals surface area contributed by atoms with E-state index in [1.165, 1.54) is 6.20 Å². The van der Waals surface area contributed by atoms with Crippen LogP contribution < -0.4 is 10.9 Å². The topological polar surface area (TPSA) is 124 Å². The molecule has 5 rings (SSSR count). The molecule has 2 N–H and O–H groups in total. The minimum atomic E-state index is -0.398. The Morgan fingerprint density at radius 3 is 2.53 bits per heavy atom. The molecule has 0 atom stereocenters. The molecule has 11 nitrogen and oxygen atoms in total. The van der Waals surface area contributed by atoms with Gasteiger partial charge in [0.15, 0.2) is 0 Å². The zero-order valence-electron chi connectivity index (χ0n) is 21.4. The lowest BCUT2D eigenvalue weighted by molar-refractivity contribution is -0.132. The molecule has 2 aliphatic rings. The fourth-order valence-electron chi connectivity index (χ4n) is 4.51. The van der Waals surface area contributed by atoms with Crippen molar-refractivity contribution in [2.24, 2.45) is 0 Å². The van der Waals surface area contributed by atoms with Gasteiger partial charge in [-0.25, -0.2) is 10.1 Å². The van der Waals surface area contributed by atoms with Crippen molar-refractivity contribution < 1.29 is 14.3 Å². The zero-order chi connectivity index (χ0) is 26.5. The molecule has 2 aliphatic heterocycles. The Hall–Kier alpha value is -4.09. The summed E-state index contributed by atoms with van der Waals surface area (Å²) in [7, 11) is 2.06. The molecule has 2 fully saturated rings. The van der Waals surface area contributed by atoms with Gasteiger partial charge in [0.2, 0.25) is 5.91 Å². The zero-order valence-corrected chi connectivity index (χ0v) is 21.4. The first-order chi connectivity index (χ1) is 18.5. The highest BCUT2D eigenvalue weighted by Gasteiger charge is 2.20. The van der Waals surface area contributed by atoms with Crippen LogP contribution in [0, 0.1) is 0 Å². The van der Waals surface area contributed by atoms with Crippen LogP contribution in [0.4, 0.5) is 11.5 Å². The molecule has 0 saturated carbocycles. The quantitative estimate of drug-likeness (QED) is 0.503. The lowest BCUT2D eigenvalue weighted by atomic mass is 10.0. The van der Waals surface area contributed by atoms with Gasteiger partial charge in [0.05, 0.1) is 30.9 Å². The Bertz CT molecular complexity index is 1340. The summed E-state index contributed by atoms with van der Waals surface area (Å²) in [5, 5.41) is 9.74. The summed E-state index contributed by atoms with van der Waals surface area (Å²) in [5.74, 6) is 0.439. The van der Waals surface area contributed by atoms with Crippen molar-refractivity contribution in [3.8, 4) is 11.3 Å². The first-order valence-electron chi connectivity index (χ1n) is 12.7. The van der Waals surface area contributed by atoms with Crippen molar-refractivity contribution >= 4 is 23.3 Å². The predicted molar refractivity (Wildman–Crippen MR) is 142 cm³/mol. The number of aromatic nitrogens is 3. The van der Waals surface area contributed by atoms with Gasteiger partial charge in [0, 0.05) is 51.0 Å². The molecule has 2 aromatic heterocycles. The molecule has 1 aromatic carbocycles. The SMILES string of the molecule is CN1CCN(C(=O)Cc2cccc(-c3cc(Nc4ccc(C(=O)N5CCOCC5)cn4)c(=O)[nH]n3)c2)CC1. The Morgan fingerprint density at radius 1 is 1.00 bits per heavy atom. The van der Waals surface area contributed by atoms with Gasteiger partial charge < -0.3 is 24.8 Å². The summed E-state index contributed by atoms with van der Waals surface area (Å²) in [5.41, 5.74) is 2.58. The average Bonchev–Trinajstić information content (AvgIpc) is 2.95. The van der Waals surface area contributed by atoms with Gasteiger partial charge in [-0.1, -0.05) is 18.2 Å². The fraction of sp³-hybridized carbons (Fsp3) is 0.370. The van der Waals surface area contributed by atoms with Crippen LogP contribution in [-0.2, 0) is 16.0 Å². The van der Waals surface area contributed by atoms with Crippen molar-refractivity contribution in [2.75, 3.05) is 64.8 Å². The van der Waals surface area contributed by atoms with E-state index < -0.39 is 5.56 Å². The fourth-order valence-corrected chi connectivity index (χ4v) is 4.51. The van der Waals surface area contributed by atoms with Gasteiger partial charge in [-0.15, -0.1) is 0 Å². The minimum Gasteiger partial charge on any atom is -0.378 e. The summed E-state index contributed by atoms with van der Waals surface area (Å²) in [6, 6.07) is 12.6. The third-order valence-electron chi connectivity index (χ3n) is 6.81. The second-order valence-corrected chi connectivity index (χ2v) is 9.52. The van der Waals surface area contributed by atoms with Gasteiger partial charge in [-0.3, -0.25) is 14.4 Å². The number of benzene rings is 1. The monoisotopic (exact) mass is 517 g/mol. The minimum absolute atomic E-state index is 0.0950. The third kappa shape index (κ3) is 6.06. The van der Waals surface area contributed by atoms with E-state index in [2.05, 4.69) is 32.4 Å². The Balaban J connectivity index is 1.27. The Labute approximate surface area is 220 Å². The number of pyridine rings is 1. The van der Waals surface area contributed by atoms with Crippen molar-refractivity contribution in [3.05, 3.63) is 70.1 Å². The highest BCUT2D eigenvalue weighted by Crippen LogP contribution is 2.21. The van der Waals surface area contributed by atoms with Crippen LogP contribution in [0.2, 0.25) is 0 Å². The predicted octanol–water partition coefficient (Wildman–Crippen LogP) is 1.36. The second-order valence-electron chi connectivity index (χ2n) is 9.52. The normalized spacial score (nSPS) is 16.3. The van der Waals surface area contributed by atoms with Gasteiger partial charge >= 0.3 is 0 Å². The van der Waals surface area contributed by atoms with Gasteiger partial charge in [0.25, 0.3) is 11.5 Å². The molecule has 0 radical (unpaired) electrons. The molecule has 3 aromatic rings. The third-order valence-corrected chi connectivity index (χ3v) is 6.81. The molecule has 38 heavy (non-hydrogen) atoms. The number of amides is 2. The molecule has 11 heteroatoms. The number of anilines is 2. The summed E-state index contributed by atoms with van der Waals surface area (Å²) >= 11 is 0. The van der Waals surface area contributed by atoms with Gasteiger partial charge in [-0.05, 0) is 36.9 Å². The van der Waals surface area contributed by atoms with E-state index in [1.807, 2.05) is 29.2 Å². The number of rotatable bonds is 6. The van der Waals surface area contributed by atoms with Crippen LogP contribution in [0.15, 0.2) is 53.5 Å².